The summed E-state index contributed by atoms with van der Waals surface area (Å²) in [4.78, 5) is 2.15. The number of rotatable bonds is 1. The third-order valence-electron chi connectivity index (χ3n) is 4.14. The third kappa shape index (κ3) is 2.52. The van der Waals surface area contributed by atoms with E-state index in [1.165, 1.54) is 11.1 Å². The Morgan fingerprint density at radius 3 is 1.83 bits per heavy atom. The Hall–Kier alpha value is -2.16. The minimum atomic E-state index is 0.664. The number of ether oxygens (including phenoxy) is 1. The Balaban J connectivity index is 2.01. The van der Waals surface area contributed by atoms with Gasteiger partial charge in [0.25, 0.3) is 0 Å². The fourth-order valence-electron chi connectivity index (χ4n) is 3.07. The molecule has 3 aromatic carbocycles. The highest BCUT2D eigenvalue weighted by Gasteiger charge is 2.27. The van der Waals surface area contributed by atoms with Gasteiger partial charge in [0.2, 0.25) is 0 Å². The molecule has 0 N–H and O–H groups in total. The summed E-state index contributed by atoms with van der Waals surface area (Å²) in [7, 11) is 0. The molecule has 120 valence electrons. The van der Waals surface area contributed by atoms with Crippen LogP contribution in [0.1, 0.15) is 11.1 Å². The topological polar surface area (TPSA) is 12.5 Å². The molecule has 24 heavy (non-hydrogen) atoms. The van der Waals surface area contributed by atoms with Gasteiger partial charge in [-0.2, -0.15) is 0 Å². The van der Waals surface area contributed by atoms with Gasteiger partial charge in [-0.3, -0.25) is 0 Å². The predicted octanol–water partition coefficient (Wildman–Crippen LogP) is 7.19. The van der Waals surface area contributed by atoms with Crippen molar-refractivity contribution in [2.24, 2.45) is 0 Å². The summed E-state index contributed by atoms with van der Waals surface area (Å²) in [6, 6.07) is 17.7. The summed E-state index contributed by atoms with van der Waals surface area (Å²) < 4.78 is 6.04. The number of benzene rings is 3. The first-order chi connectivity index (χ1) is 11.5. The van der Waals surface area contributed by atoms with Crippen molar-refractivity contribution < 1.29 is 4.74 Å². The van der Waals surface area contributed by atoms with Crippen LogP contribution in [0.15, 0.2) is 54.6 Å². The lowest BCUT2D eigenvalue weighted by molar-refractivity contribution is 0.477. The van der Waals surface area contributed by atoms with Crippen LogP contribution in [0, 0.1) is 13.8 Å². The number of hydrogen-bond acceptors (Lipinski definition) is 2. The normalized spacial score (nSPS) is 12.4. The van der Waals surface area contributed by atoms with E-state index in [9.17, 15) is 0 Å². The van der Waals surface area contributed by atoms with Gasteiger partial charge in [0.15, 0.2) is 11.5 Å². The summed E-state index contributed by atoms with van der Waals surface area (Å²) in [6.07, 6.45) is 0. The molecule has 0 radical (unpaired) electrons. The van der Waals surface area contributed by atoms with E-state index in [-0.39, 0.29) is 0 Å². The van der Waals surface area contributed by atoms with Gasteiger partial charge in [0, 0.05) is 15.7 Å². The van der Waals surface area contributed by atoms with Gasteiger partial charge in [0.1, 0.15) is 0 Å². The first kappa shape index (κ1) is 15.4. The van der Waals surface area contributed by atoms with Crippen LogP contribution in [0.2, 0.25) is 10.0 Å². The van der Waals surface area contributed by atoms with Crippen molar-refractivity contribution in [1.82, 2.24) is 0 Å². The largest absolute Gasteiger partial charge is 0.453 e. The van der Waals surface area contributed by atoms with Crippen molar-refractivity contribution in [2.45, 2.75) is 13.8 Å². The minimum absolute atomic E-state index is 0.664. The minimum Gasteiger partial charge on any atom is -0.453 e. The zero-order valence-corrected chi connectivity index (χ0v) is 14.8. The molecule has 0 saturated heterocycles. The molecule has 0 spiro atoms. The number of anilines is 3. The standard InChI is InChI=1S/C20H15Cl2NO/c1-12-3-6-16(13(2)9-12)23-17-10-14(21)4-7-19(17)24-20-8-5-15(22)11-18(20)23/h3-11H,1-2H3. The van der Waals surface area contributed by atoms with E-state index in [1.807, 2.05) is 36.4 Å². The van der Waals surface area contributed by atoms with Crippen molar-refractivity contribution in [1.29, 1.82) is 0 Å². The molecule has 0 aliphatic carbocycles. The average molecular weight is 356 g/mol. The summed E-state index contributed by atoms with van der Waals surface area (Å²) in [6.45, 7) is 4.19. The molecular formula is C20H15Cl2NO. The van der Waals surface area contributed by atoms with Gasteiger partial charge in [-0.15, -0.1) is 0 Å². The molecule has 0 aromatic heterocycles. The molecule has 3 aromatic rings. The zero-order chi connectivity index (χ0) is 16.8. The Labute approximate surface area is 151 Å². The number of halogens is 2. The molecule has 2 nitrogen and oxygen atoms in total. The second-order valence-corrected chi connectivity index (χ2v) is 6.82. The number of nitrogens with zero attached hydrogens (tertiary/aromatic N) is 1. The molecule has 1 aliphatic rings. The first-order valence-electron chi connectivity index (χ1n) is 7.67. The van der Waals surface area contributed by atoms with Crippen molar-refractivity contribution in [2.75, 3.05) is 4.90 Å². The molecule has 0 fully saturated rings. The maximum Gasteiger partial charge on any atom is 0.151 e. The lowest BCUT2D eigenvalue weighted by atomic mass is 10.1. The number of aryl methyl sites for hydroxylation is 2. The first-order valence-corrected chi connectivity index (χ1v) is 8.43. The summed E-state index contributed by atoms with van der Waals surface area (Å²) >= 11 is 12.5. The van der Waals surface area contributed by atoms with Gasteiger partial charge >= 0.3 is 0 Å². The van der Waals surface area contributed by atoms with E-state index in [2.05, 4.69) is 36.9 Å². The van der Waals surface area contributed by atoms with E-state index >= 15 is 0 Å². The van der Waals surface area contributed by atoms with Gasteiger partial charge in [0.05, 0.1) is 11.4 Å². The van der Waals surface area contributed by atoms with Crippen LogP contribution in [0.5, 0.6) is 11.5 Å². The van der Waals surface area contributed by atoms with Crippen molar-refractivity contribution in [3.63, 3.8) is 0 Å². The second-order valence-electron chi connectivity index (χ2n) is 5.95. The van der Waals surface area contributed by atoms with Crippen molar-refractivity contribution >= 4 is 40.3 Å². The van der Waals surface area contributed by atoms with E-state index in [0.717, 1.165) is 28.6 Å². The fraction of sp³-hybridized carbons (Fsp3) is 0.100. The van der Waals surface area contributed by atoms with Gasteiger partial charge in [-0.1, -0.05) is 40.9 Å². The van der Waals surface area contributed by atoms with E-state index < -0.39 is 0 Å². The highest BCUT2D eigenvalue weighted by molar-refractivity contribution is 6.31. The van der Waals surface area contributed by atoms with Crippen LogP contribution in [0.3, 0.4) is 0 Å². The van der Waals surface area contributed by atoms with Crippen LogP contribution < -0.4 is 9.64 Å². The quantitative estimate of drug-likeness (QED) is 0.358. The summed E-state index contributed by atoms with van der Waals surface area (Å²) in [5.41, 5.74) is 5.29. The van der Waals surface area contributed by atoms with Crippen molar-refractivity contribution in [3.05, 3.63) is 75.8 Å². The molecule has 0 saturated carbocycles. The van der Waals surface area contributed by atoms with Crippen molar-refractivity contribution in [3.8, 4) is 11.5 Å². The van der Waals surface area contributed by atoms with Crippen LogP contribution in [-0.2, 0) is 0 Å². The maximum atomic E-state index is 6.24. The molecule has 0 bridgehead atoms. The number of fused-ring (bicyclic) bond motifs is 2. The molecule has 4 heteroatoms. The van der Waals surface area contributed by atoms with Crippen LogP contribution in [0.4, 0.5) is 17.1 Å². The van der Waals surface area contributed by atoms with Crippen LogP contribution in [0.25, 0.3) is 0 Å². The molecular weight excluding hydrogens is 341 g/mol. The summed E-state index contributed by atoms with van der Waals surface area (Å²) in [5, 5.41) is 1.33. The van der Waals surface area contributed by atoms with E-state index in [0.29, 0.717) is 10.0 Å². The van der Waals surface area contributed by atoms with Gasteiger partial charge in [-0.05, 0) is 61.9 Å². The maximum absolute atomic E-state index is 6.24. The lowest BCUT2D eigenvalue weighted by Crippen LogP contribution is -2.16. The lowest BCUT2D eigenvalue weighted by Gasteiger charge is -2.34. The highest BCUT2D eigenvalue weighted by Crippen LogP contribution is 2.52. The predicted molar refractivity (Wildman–Crippen MR) is 101 cm³/mol. The van der Waals surface area contributed by atoms with E-state index in [1.54, 1.807) is 0 Å². The van der Waals surface area contributed by atoms with Gasteiger partial charge < -0.3 is 9.64 Å². The number of hydrogen-bond donors (Lipinski definition) is 0. The third-order valence-corrected chi connectivity index (χ3v) is 4.61. The molecule has 0 amide bonds. The smallest absolute Gasteiger partial charge is 0.151 e. The zero-order valence-electron chi connectivity index (χ0n) is 13.3. The Morgan fingerprint density at radius 2 is 1.29 bits per heavy atom. The molecule has 4 rings (SSSR count). The van der Waals surface area contributed by atoms with Crippen LogP contribution >= 0.6 is 23.2 Å². The molecule has 1 heterocycles. The van der Waals surface area contributed by atoms with Gasteiger partial charge in [-0.25, -0.2) is 0 Å². The SMILES string of the molecule is Cc1ccc(N2c3cc(Cl)ccc3Oc3ccc(Cl)cc32)c(C)c1. The Kier molecular flexibility index (Phi) is 3.67. The molecule has 0 atom stereocenters. The van der Waals surface area contributed by atoms with Crippen LogP contribution in [-0.4, -0.2) is 0 Å². The molecule has 1 aliphatic heterocycles. The monoisotopic (exact) mass is 355 g/mol. The fourth-order valence-corrected chi connectivity index (χ4v) is 3.40. The second kappa shape index (κ2) is 5.73. The Bertz CT molecular complexity index is 901. The average Bonchev–Trinajstić information content (AvgIpc) is 2.54. The Morgan fingerprint density at radius 1 is 0.708 bits per heavy atom. The highest BCUT2D eigenvalue weighted by atomic mass is 35.5. The summed E-state index contributed by atoms with van der Waals surface area (Å²) in [5.74, 6) is 1.54. The van der Waals surface area contributed by atoms with E-state index in [4.69, 9.17) is 27.9 Å². The molecule has 0 unspecified atom stereocenters.